The van der Waals surface area contributed by atoms with Gasteiger partial charge in [-0.15, -0.1) is 0 Å². The third-order valence-electron chi connectivity index (χ3n) is 3.20. The number of carbonyl (C=O) groups is 1. The number of nitrogens with zero attached hydrogens (tertiary/aromatic N) is 1. The van der Waals surface area contributed by atoms with E-state index >= 15 is 0 Å². The van der Waals surface area contributed by atoms with Gasteiger partial charge in [0, 0.05) is 38.1 Å². The van der Waals surface area contributed by atoms with Gasteiger partial charge in [-0.05, 0) is 31.0 Å². The van der Waals surface area contributed by atoms with Crippen LogP contribution in [-0.2, 0) is 4.74 Å². The van der Waals surface area contributed by atoms with Crippen molar-refractivity contribution in [2.45, 2.75) is 18.9 Å². The third kappa shape index (κ3) is 3.38. The largest absolute Gasteiger partial charge is 0.399 e. The van der Waals surface area contributed by atoms with Crippen LogP contribution in [0.1, 0.15) is 23.2 Å². The molecule has 1 aromatic rings. The predicted molar refractivity (Wildman–Crippen MR) is 76.3 cm³/mol. The summed E-state index contributed by atoms with van der Waals surface area (Å²) in [5, 5.41) is 3.37. The lowest BCUT2D eigenvalue weighted by Crippen LogP contribution is -2.31. The molecule has 1 amide bonds. The van der Waals surface area contributed by atoms with Gasteiger partial charge in [-0.3, -0.25) is 4.79 Å². The molecule has 1 fully saturated rings. The summed E-state index contributed by atoms with van der Waals surface area (Å²) in [5.74, 6) is -0.0285. The Bertz CT molecular complexity index is 454. The van der Waals surface area contributed by atoms with Crippen molar-refractivity contribution in [3.8, 4) is 0 Å². The molecular formula is C14H21N3O2. The van der Waals surface area contributed by atoms with Crippen LogP contribution < -0.4 is 11.1 Å². The Morgan fingerprint density at radius 2 is 2.26 bits per heavy atom. The van der Waals surface area contributed by atoms with Gasteiger partial charge in [0.15, 0.2) is 0 Å². The zero-order chi connectivity index (χ0) is 13.8. The summed E-state index contributed by atoms with van der Waals surface area (Å²) in [4.78, 5) is 13.7. The van der Waals surface area contributed by atoms with Crippen LogP contribution in [0.5, 0.6) is 0 Å². The lowest BCUT2D eigenvalue weighted by Gasteiger charge is -2.25. The first-order valence-corrected chi connectivity index (χ1v) is 6.53. The minimum absolute atomic E-state index is 0.0285. The van der Waals surface area contributed by atoms with Gasteiger partial charge in [0.1, 0.15) is 0 Å². The molecule has 104 valence electrons. The van der Waals surface area contributed by atoms with Gasteiger partial charge in [0.25, 0.3) is 5.91 Å². The SMILES string of the molecule is CN(C)C(=O)c1ccc(N)cc1NC1CCCOC1. The fourth-order valence-electron chi connectivity index (χ4n) is 2.18. The second-order valence-corrected chi connectivity index (χ2v) is 5.06. The van der Waals surface area contributed by atoms with Gasteiger partial charge in [-0.2, -0.15) is 0 Å². The number of amides is 1. The summed E-state index contributed by atoms with van der Waals surface area (Å²) in [6, 6.07) is 5.57. The summed E-state index contributed by atoms with van der Waals surface area (Å²) in [6.07, 6.45) is 2.08. The Labute approximate surface area is 113 Å². The van der Waals surface area contributed by atoms with Crippen LogP contribution in [0.25, 0.3) is 0 Å². The topological polar surface area (TPSA) is 67.6 Å². The number of hydrogen-bond acceptors (Lipinski definition) is 4. The highest BCUT2D eigenvalue weighted by Gasteiger charge is 2.18. The fraction of sp³-hybridized carbons (Fsp3) is 0.500. The first kappa shape index (κ1) is 13.7. The molecule has 0 aliphatic carbocycles. The summed E-state index contributed by atoms with van der Waals surface area (Å²) < 4.78 is 5.44. The van der Waals surface area contributed by atoms with Crippen LogP contribution in [0, 0.1) is 0 Å². The number of nitrogens with two attached hydrogens (primary N) is 1. The second-order valence-electron chi connectivity index (χ2n) is 5.06. The second kappa shape index (κ2) is 5.93. The molecule has 0 aromatic heterocycles. The summed E-state index contributed by atoms with van der Waals surface area (Å²) >= 11 is 0. The Kier molecular flexibility index (Phi) is 4.27. The highest BCUT2D eigenvalue weighted by Crippen LogP contribution is 2.23. The Morgan fingerprint density at radius 3 is 2.89 bits per heavy atom. The molecule has 1 heterocycles. The van der Waals surface area contributed by atoms with Crippen molar-refractivity contribution in [3.63, 3.8) is 0 Å². The van der Waals surface area contributed by atoms with E-state index < -0.39 is 0 Å². The van der Waals surface area contributed by atoms with E-state index in [1.807, 2.05) is 6.07 Å². The van der Waals surface area contributed by atoms with E-state index in [1.54, 1.807) is 31.1 Å². The maximum atomic E-state index is 12.1. The van der Waals surface area contributed by atoms with Crippen LogP contribution in [0.3, 0.4) is 0 Å². The van der Waals surface area contributed by atoms with E-state index in [1.165, 1.54) is 0 Å². The van der Waals surface area contributed by atoms with Gasteiger partial charge in [-0.25, -0.2) is 0 Å². The first-order chi connectivity index (χ1) is 9.08. The highest BCUT2D eigenvalue weighted by molar-refractivity contribution is 6.00. The Hall–Kier alpha value is -1.75. The van der Waals surface area contributed by atoms with Crippen LogP contribution in [0.4, 0.5) is 11.4 Å². The van der Waals surface area contributed by atoms with Crippen molar-refractivity contribution in [2.75, 3.05) is 38.4 Å². The van der Waals surface area contributed by atoms with E-state index in [2.05, 4.69) is 5.32 Å². The van der Waals surface area contributed by atoms with Crippen LogP contribution >= 0.6 is 0 Å². The molecule has 0 bridgehead atoms. The maximum absolute atomic E-state index is 12.1. The van der Waals surface area contributed by atoms with E-state index in [-0.39, 0.29) is 11.9 Å². The summed E-state index contributed by atoms with van der Waals surface area (Å²) in [5.41, 5.74) is 7.89. The molecule has 1 atom stereocenters. The Morgan fingerprint density at radius 1 is 1.47 bits per heavy atom. The number of benzene rings is 1. The minimum Gasteiger partial charge on any atom is -0.399 e. The number of rotatable bonds is 3. The molecule has 2 rings (SSSR count). The molecule has 5 heteroatoms. The van der Waals surface area contributed by atoms with E-state index in [9.17, 15) is 4.79 Å². The molecule has 1 aliphatic heterocycles. The third-order valence-corrected chi connectivity index (χ3v) is 3.20. The zero-order valence-electron chi connectivity index (χ0n) is 11.5. The van der Waals surface area contributed by atoms with Crippen LogP contribution in [-0.4, -0.2) is 44.2 Å². The monoisotopic (exact) mass is 263 g/mol. The number of nitrogens with one attached hydrogen (secondary N) is 1. The molecule has 3 N–H and O–H groups in total. The van der Waals surface area contributed by atoms with Crippen molar-refractivity contribution >= 4 is 17.3 Å². The molecule has 1 aromatic carbocycles. The maximum Gasteiger partial charge on any atom is 0.255 e. The number of hydrogen-bond donors (Lipinski definition) is 2. The number of carbonyl (C=O) groups excluding carboxylic acids is 1. The van der Waals surface area contributed by atoms with Crippen molar-refractivity contribution < 1.29 is 9.53 Å². The molecule has 0 radical (unpaired) electrons. The van der Waals surface area contributed by atoms with Gasteiger partial charge in [-0.1, -0.05) is 0 Å². The molecule has 1 aliphatic rings. The summed E-state index contributed by atoms with van der Waals surface area (Å²) in [6.45, 7) is 1.49. The average Bonchev–Trinajstić information content (AvgIpc) is 2.39. The highest BCUT2D eigenvalue weighted by atomic mass is 16.5. The van der Waals surface area contributed by atoms with E-state index in [0.29, 0.717) is 17.9 Å². The normalized spacial score (nSPS) is 18.9. The smallest absolute Gasteiger partial charge is 0.255 e. The van der Waals surface area contributed by atoms with E-state index in [0.717, 1.165) is 25.1 Å². The van der Waals surface area contributed by atoms with Gasteiger partial charge < -0.3 is 20.7 Å². The standard InChI is InChI=1S/C14H21N3O2/c1-17(2)14(18)12-6-5-10(15)8-13(12)16-11-4-3-7-19-9-11/h5-6,8,11,16H,3-4,7,9,15H2,1-2H3. The average molecular weight is 263 g/mol. The molecular weight excluding hydrogens is 242 g/mol. The zero-order valence-corrected chi connectivity index (χ0v) is 11.5. The van der Waals surface area contributed by atoms with Crippen molar-refractivity contribution in [2.24, 2.45) is 0 Å². The molecule has 0 spiro atoms. The van der Waals surface area contributed by atoms with Gasteiger partial charge in [0.05, 0.1) is 12.2 Å². The first-order valence-electron chi connectivity index (χ1n) is 6.53. The molecule has 1 unspecified atom stereocenters. The van der Waals surface area contributed by atoms with E-state index in [4.69, 9.17) is 10.5 Å². The molecule has 0 saturated carbocycles. The van der Waals surface area contributed by atoms with Gasteiger partial charge >= 0.3 is 0 Å². The van der Waals surface area contributed by atoms with Crippen LogP contribution in [0.15, 0.2) is 18.2 Å². The number of ether oxygens (including phenoxy) is 1. The number of anilines is 2. The lowest BCUT2D eigenvalue weighted by molar-refractivity contribution is 0.0824. The van der Waals surface area contributed by atoms with Crippen molar-refractivity contribution in [1.82, 2.24) is 4.90 Å². The molecule has 19 heavy (non-hydrogen) atoms. The van der Waals surface area contributed by atoms with Crippen molar-refractivity contribution in [1.29, 1.82) is 0 Å². The molecule has 5 nitrogen and oxygen atoms in total. The Balaban J connectivity index is 2.21. The number of nitrogen functional groups attached to an aromatic ring is 1. The minimum atomic E-state index is -0.0285. The van der Waals surface area contributed by atoms with Gasteiger partial charge in [0.2, 0.25) is 0 Å². The summed E-state index contributed by atoms with van der Waals surface area (Å²) in [7, 11) is 3.48. The quantitative estimate of drug-likeness (QED) is 0.812. The lowest BCUT2D eigenvalue weighted by atomic mass is 10.1. The predicted octanol–water partition coefficient (Wildman–Crippen LogP) is 1.56. The molecule has 1 saturated heterocycles. The van der Waals surface area contributed by atoms with Crippen molar-refractivity contribution in [3.05, 3.63) is 23.8 Å². The fourth-order valence-corrected chi connectivity index (χ4v) is 2.18. The van der Waals surface area contributed by atoms with Crippen LogP contribution in [0.2, 0.25) is 0 Å².